The molecule has 3 aliphatic rings. The number of aliphatic hydroxyl groups is 1. The SMILES string of the molecule is CCCCNC(=O)C1N([C@H](CO)c2ccccc2)C(=O)[C@@H]2[C@H](C(=O)Nc3ccccc3)[C@@H]3CCC12O3. The third-order valence-electron chi connectivity index (χ3n) is 7.85. The Balaban J connectivity index is 1.52. The smallest absolute Gasteiger partial charge is 0.245 e. The van der Waals surface area contributed by atoms with Gasteiger partial charge >= 0.3 is 0 Å². The summed E-state index contributed by atoms with van der Waals surface area (Å²) in [4.78, 5) is 42.8. The normalized spacial score (nSPS) is 29.2. The summed E-state index contributed by atoms with van der Waals surface area (Å²) in [5.41, 5.74) is 0.280. The maximum absolute atomic E-state index is 14.1. The van der Waals surface area contributed by atoms with Crippen LogP contribution in [0.5, 0.6) is 0 Å². The van der Waals surface area contributed by atoms with Crippen molar-refractivity contribution in [1.29, 1.82) is 0 Å². The second-order valence-corrected chi connectivity index (χ2v) is 9.91. The molecule has 3 aliphatic heterocycles. The van der Waals surface area contributed by atoms with Crippen LogP contribution in [0.15, 0.2) is 60.7 Å². The summed E-state index contributed by atoms with van der Waals surface area (Å²) in [6, 6.07) is 16.7. The van der Waals surface area contributed by atoms with Gasteiger partial charge in [0.25, 0.3) is 0 Å². The lowest BCUT2D eigenvalue weighted by molar-refractivity contribution is -0.145. The van der Waals surface area contributed by atoms with Crippen molar-refractivity contribution in [3.8, 4) is 0 Å². The zero-order chi connectivity index (χ0) is 25.3. The molecule has 0 aliphatic carbocycles. The van der Waals surface area contributed by atoms with E-state index in [0.717, 1.165) is 18.4 Å². The average Bonchev–Trinajstić information content (AvgIpc) is 3.54. The highest BCUT2D eigenvalue weighted by molar-refractivity contribution is 6.02. The van der Waals surface area contributed by atoms with Crippen molar-refractivity contribution >= 4 is 23.4 Å². The Morgan fingerprint density at radius 2 is 1.81 bits per heavy atom. The van der Waals surface area contributed by atoms with E-state index in [9.17, 15) is 19.5 Å². The number of benzene rings is 2. The molecule has 6 atom stereocenters. The molecule has 0 saturated carbocycles. The summed E-state index contributed by atoms with van der Waals surface area (Å²) < 4.78 is 6.46. The maximum atomic E-state index is 14.1. The molecule has 8 nitrogen and oxygen atoms in total. The Hall–Kier alpha value is -3.23. The number of aliphatic hydroxyl groups excluding tert-OH is 1. The molecule has 2 bridgehead atoms. The minimum Gasteiger partial charge on any atom is -0.394 e. The van der Waals surface area contributed by atoms with E-state index in [2.05, 4.69) is 10.6 Å². The summed E-state index contributed by atoms with van der Waals surface area (Å²) >= 11 is 0. The first-order valence-electron chi connectivity index (χ1n) is 12.8. The van der Waals surface area contributed by atoms with Crippen LogP contribution in [-0.2, 0) is 19.1 Å². The first kappa shape index (κ1) is 24.5. The number of hydrogen-bond acceptors (Lipinski definition) is 5. The van der Waals surface area contributed by atoms with Gasteiger partial charge in [0.05, 0.1) is 30.6 Å². The molecule has 1 spiro atoms. The number of ether oxygens (including phenoxy) is 1. The fourth-order valence-electron chi connectivity index (χ4n) is 6.29. The van der Waals surface area contributed by atoms with Crippen LogP contribution in [0.25, 0.3) is 0 Å². The van der Waals surface area contributed by atoms with Crippen LogP contribution in [0.4, 0.5) is 5.69 Å². The number of rotatable bonds is 9. The van der Waals surface area contributed by atoms with Crippen molar-refractivity contribution in [3.05, 3.63) is 66.2 Å². The lowest BCUT2D eigenvalue weighted by atomic mass is 9.70. The van der Waals surface area contributed by atoms with E-state index in [1.54, 1.807) is 12.1 Å². The number of likely N-dealkylation sites (tertiary alicyclic amines) is 1. The summed E-state index contributed by atoms with van der Waals surface area (Å²) in [6.45, 7) is 2.19. The molecule has 3 N–H and O–H groups in total. The molecule has 3 saturated heterocycles. The van der Waals surface area contributed by atoms with E-state index in [1.807, 2.05) is 55.5 Å². The average molecular weight is 492 g/mol. The van der Waals surface area contributed by atoms with E-state index >= 15 is 0 Å². The molecule has 2 aromatic rings. The zero-order valence-electron chi connectivity index (χ0n) is 20.4. The van der Waals surface area contributed by atoms with Crippen LogP contribution in [0.3, 0.4) is 0 Å². The van der Waals surface area contributed by atoms with Crippen molar-refractivity contribution in [2.75, 3.05) is 18.5 Å². The molecule has 8 heteroatoms. The number of nitrogens with zero attached hydrogens (tertiary/aromatic N) is 1. The third kappa shape index (κ3) is 3.98. The van der Waals surface area contributed by atoms with Crippen LogP contribution in [0.1, 0.15) is 44.2 Å². The minimum absolute atomic E-state index is 0.279. The second-order valence-electron chi connectivity index (χ2n) is 9.91. The topological polar surface area (TPSA) is 108 Å². The molecule has 36 heavy (non-hydrogen) atoms. The Kier molecular flexibility index (Phi) is 6.81. The van der Waals surface area contributed by atoms with Crippen molar-refractivity contribution < 1.29 is 24.2 Å². The lowest BCUT2D eigenvalue weighted by Crippen LogP contribution is -2.56. The molecule has 3 amide bonds. The Morgan fingerprint density at radius 3 is 2.47 bits per heavy atom. The largest absolute Gasteiger partial charge is 0.394 e. The van der Waals surface area contributed by atoms with Gasteiger partial charge in [-0.25, -0.2) is 0 Å². The molecule has 5 rings (SSSR count). The molecule has 0 aromatic heterocycles. The minimum atomic E-state index is -1.10. The Morgan fingerprint density at radius 1 is 1.11 bits per heavy atom. The van der Waals surface area contributed by atoms with Gasteiger partial charge in [0, 0.05) is 12.2 Å². The van der Waals surface area contributed by atoms with Gasteiger partial charge in [-0.05, 0) is 37.0 Å². The Bertz CT molecular complexity index is 1110. The van der Waals surface area contributed by atoms with E-state index < -0.39 is 35.6 Å². The Labute approximate surface area is 211 Å². The van der Waals surface area contributed by atoms with Crippen molar-refractivity contribution in [2.45, 2.75) is 56.4 Å². The number of para-hydroxylation sites is 1. The lowest BCUT2D eigenvalue weighted by Gasteiger charge is -2.36. The van der Waals surface area contributed by atoms with E-state index in [-0.39, 0.29) is 24.3 Å². The number of carbonyl (C=O) groups excluding carboxylic acids is 3. The van der Waals surface area contributed by atoms with E-state index in [0.29, 0.717) is 25.1 Å². The highest BCUT2D eigenvalue weighted by atomic mass is 16.5. The predicted octanol–water partition coefficient (Wildman–Crippen LogP) is 2.65. The first-order chi connectivity index (χ1) is 17.5. The molecule has 190 valence electrons. The molecule has 2 aromatic carbocycles. The number of hydrogen-bond donors (Lipinski definition) is 3. The quantitative estimate of drug-likeness (QED) is 0.468. The van der Waals surface area contributed by atoms with Gasteiger partial charge in [0.2, 0.25) is 17.7 Å². The number of amides is 3. The van der Waals surface area contributed by atoms with Crippen molar-refractivity contribution in [2.24, 2.45) is 11.8 Å². The molecule has 0 radical (unpaired) electrons. The molecule has 2 unspecified atom stereocenters. The summed E-state index contributed by atoms with van der Waals surface area (Å²) in [6.07, 6.45) is 2.42. The first-order valence-corrected chi connectivity index (χ1v) is 12.8. The number of fused-ring (bicyclic) bond motifs is 1. The van der Waals surface area contributed by atoms with E-state index in [4.69, 9.17) is 4.74 Å². The monoisotopic (exact) mass is 491 g/mol. The maximum Gasteiger partial charge on any atom is 0.245 e. The van der Waals surface area contributed by atoms with Gasteiger partial charge in [0.15, 0.2) is 0 Å². The standard InChI is InChI=1S/C28H33N3O5/c1-2-3-16-29-26(34)24-28-15-14-21(36-28)22(25(33)30-19-12-8-5-9-13-19)23(28)27(35)31(24)20(17-32)18-10-6-4-7-11-18/h4-13,20-24,32H,2-3,14-17H2,1H3,(H,29,34)(H,30,33)/t20-,21+,22-,23+,24?,28?/m1/s1. The fourth-order valence-corrected chi connectivity index (χ4v) is 6.29. The van der Waals surface area contributed by atoms with Gasteiger partial charge < -0.3 is 25.4 Å². The van der Waals surface area contributed by atoms with Crippen molar-refractivity contribution in [3.63, 3.8) is 0 Å². The van der Waals surface area contributed by atoms with Crippen LogP contribution in [-0.4, -0.2) is 58.6 Å². The van der Waals surface area contributed by atoms with Gasteiger partial charge in [-0.3, -0.25) is 14.4 Å². The molecule has 3 heterocycles. The zero-order valence-corrected chi connectivity index (χ0v) is 20.4. The third-order valence-corrected chi connectivity index (χ3v) is 7.85. The predicted molar refractivity (Wildman–Crippen MR) is 134 cm³/mol. The highest BCUT2D eigenvalue weighted by Crippen LogP contribution is 2.59. The number of carbonyl (C=O) groups is 3. The van der Waals surface area contributed by atoms with E-state index in [1.165, 1.54) is 4.90 Å². The van der Waals surface area contributed by atoms with Gasteiger partial charge in [0.1, 0.15) is 11.6 Å². The number of nitrogens with one attached hydrogen (secondary N) is 2. The molecular weight excluding hydrogens is 458 g/mol. The van der Waals surface area contributed by atoms with Gasteiger partial charge in [-0.1, -0.05) is 61.9 Å². The number of unbranched alkanes of at least 4 members (excludes halogenated alkanes) is 1. The van der Waals surface area contributed by atoms with Crippen LogP contribution in [0, 0.1) is 11.8 Å². The van der Waals surface area contributed by atoms with Crippen LogP contribution in [0.2, 0.25) is 0 Å². The van der Waals surface area contributed by atoms with Crippen LogP contribution >= 0.6 is 0 Å². The second kappa shape index (κ2) is 10.0. The van der Waals surface area contributed by atoms with Crippen LogP contribution < -0.4 is 10.6 Å². The summed E-state index contributed by atoms with van der Waals surface area (Å²) in [5.74, 6) is -2.39. The molecule has 3 fully saturated rings. The van der Waals surface area contributed by atoms with Gasteiger partial charge in [-0.2, -0.15) is 0 Å². The number of anilines is 1. The molecular formula is C28H33N3O5. The summed E-state index contributed by atoms with van der Waals surface area (Å²) in [5, 5.41) is 16.3. The highest BCUT2D eigenvalue weighted by Gasteiger charge is 2.75. The van der Waals surface area contributed by atoms with Crippen molar-refractivity contribution in [1.82, 2.24) is 10.2 Å². The fraction of sp³-hybridized carbons (Fsp3) is 0.464. The summed E-state index contributed by atoms with van der Waals surface area (Å²) in [7, 11) is 0. The van der Waals surface area contributed by atoms with Gasteiger partial charge in [-0.15, -0.1) is 0 Å².